The predicted octanol–water partition coefficient (Wildman–Crippen LogP) is 3.97. The Morgan fingerprint density at radius 2 is 1.57 bits per heavy atom. The molecule has 21 heavy (non-hydrogen) atoms. The van der Waals surface area contributed by atoms with Gasteiger partial charge in [-0.3, -0.25) is 0 Å². The first kappa shape index (κ1) is 15.4. The van der Waals surface area contributed by atoms with Crippen molar-refractivity contribution in [2.24, 2.45) is 0 Å². The third-order valence-corrected chi connectivity index (χ3v) is 3.66. The van der Waals surface area contributed by atoms with Crippen LogP contribution in [0, 0.1) is 0 Å². The maximum atomic E-state index is 11.5. The Balaban J connectivity index is 0.00000161. The third-order valence-electron chi connectivity index (χ3n) is 3.66. The normalized spacial score (nSPS) is 12.0. The van der Waals surface area contributed by atoms with Crippen molar-refractivity contribution in [2.45, 2.75) is 12.8 Å². The van der Waals surface area contributed by atoms with E-state index in [1.54, 1.807) is 0 Å². The van der Waals surface area contributed by atoms with Gasteiger partial charge in [0.25, 0.3) is 0 Å². The first-order valence-electron chi connectivity index (χ1n) is 6.90. The molecular weight excluding hydrogens is 286 g/mol. The van der Waals surface area contributed by atoms with E-state index >= 15 is 0 Å². The number of amides is 1. The molecule has 3 nitrogen and oxygen atoms in total. The minimum absolute atomic E-state index is 0. The Morgan fingerprint density at radius 1 is 1.05 bits per heavy atom. The van der Waals surface area contributed by atoms with E-state index in [4.69, 9.17) is 4.74 Å². The molecule has 1 aliphatic rings. The molecule has 0 atom stereocenters. The molecule has 0 saturated heterocycles. The number of benzene rings is 2. The number of halogens is 1. The highest BCUT2D eigenvalue weighted by Crippen LogP contribution is 2.44. The van der Waals surface area contributed by atoms with Crippen LogP contribution in [0.2, 0.25) is 0 Å². The summed E-state index contributed by atoms with van der Waals surface area (Å²) in [5.41, 5.74) is 4.95. The minimum Gasteiger partial charge on any atom is -0.449 e. The summed E-state index contributed by atoms with van der Waals surface area (Å²) in [6.07, 6.45) is -0.352. The molecule has 0 unspecified atom stereocenters. The smallest absolute Gasteiger partial charge is 0.407 e. The van der Waals surface area contributed by atoms with Gasteiger partial charge in [-0.05, 0) is 29.2 Å². The second-order valence-corrected chi connectivity index (χ2v) is 4.86. The van der Waals surface area contributed by atoms with Crippen LogP contribution in [0.1, 0.15) is 24.0 Å². The molecule has 0 saturated carbocycles. The van der Waals surface area contributed by atoms with Crippen LogP contribution in [0.25, 0.3) is 11.1 Å². The van der Waals surface area contributed by atoms with Gasteiger partial charge in [-0.2, -0.15) is 0 Å². The number of nitrogens with one attached hydrogen (secondary N) is 1. The van der Waals surface area contributed by atoms with E-state index < -0.39 is 0 Å². The third kappa shape index (κ3) is 2.88. The first-order chi connectivity index (χ1) is 9.81. The fraction of sp³-hybridized carbons (Fsp3) is 0.235. The van der Waals surface area contributed by atoms with Gasteiger partial charge in [0, 0.05) is 12.5 Å². The van der Waals surface area contributed by atoms with E-state index in [9.17, 15) is 4.79 Å². The number of hydrogen-bond acceptors (Lipinski definition) is 2. The maximum Gasteiger partial charge on any atom is 0.407 e. The highest BCUT2D eigenvalue weighted by Gasteiger charge is 2.28. The number of rotatable bonds is 3. The van der Waals surface area contributed by atoms with Crippen molar-refractivity contribution >= 4 is 18.5 Å². The van der Waals surface area contributed by atoms with Gasteiger partial charge < -0.3 is 10.1 Å². The molecule has 0 bridgehead atoms. The SMILES string of the molecule is CCNC(=O)OCC1c2ccccc2-c2ccccc21.Cl. The van der Waals surface area contributed by atoms with Crippen molar-refractivity contribution in [3.05, 3.63) is 59.7 Å². The van der Waals surface area contributed by atoms with Crippen LogP contribution in [0.3, 0.4) is 0 Å². The highest BCUT2D eigenvalue weighted by atomic mass is 35.5. The van der Waals surface area contributed by atoms with Crippen molar-refractivity contribution in [1.82, 2.24) is 5.32 Å². The minimum atomic E-state index is -0.352. The Morgan fingerprint density at radius 3 is 2.10 bits per heavy atom. The molecule has 2 aromatic rings. The summed E-state index contributed by atoms with van der Waals surface area (Å²) in [6, 6.07) is 16.6. The van der Waals surface area contributed by atoms with E-state index in [1.165, 1.54) is 22.3 Å². The summed E-state index contributed by atoms with van der Waals surface area (Å²) in [7, 11) is 0. The molecule has 0 radical (unpaired) electrons. The van der Waals surface area contributed by atoms with Crippen LogP contribution in [0.15, 0.2) is 48.5 Å². The Hall–Kier alpha value is -2.00. The second-order valence-electron chi connectivity index (χ2n) is 4.86. The number of fused-ring (bicyclic) bond motifs is 3. The summed E-state index contributed by atoms with van der Waals surface area (Å²) in [5.74, 6) is 0.130. The van der Waals surface area contributed by atoms with Gasteiger partial charge in [-0.15, -0.1) is 12.4 Å². The molecule has 0 spiro atoms. The van der Waals surface area contributed by atoms with Gasteiger partial charge in [0.05, 0.1) is 0 Å². The van der Waals surface area contributed by atoms with Gasteiger partial charge in [-0.25, -0.2) is 4.79 Å². The molecule has 0 aliphatic heterocycles. The van der Waals surface area contributed by atoms with Crippen molar-refractivity contribution in [2.75, 3.05) is 13.2 Å². The van der Waals surface area contributed by atoms with Gasteiger partial charge in [-0.1, -0.05) is 48.5 Å². The molecule has 3 rings (SSSR count). The molecule has 0 fully saturated rings. The first-order valence-corrected chi connectivity index (χ1v) is 6.90. The Labute approximate surface area is 130 Å². The van der Waals surface area contributed by atoms with Gasteiger partial charge in [0.2, 0.25) is 0 Å². The second kappa shape index (κ2) is 6.64. The standard InChI is InChI=1S/C17H17NO2.ClH/c1-2-18-17(19)20-11-16-14-9-5-3-7-12(14)13-8-4-6-10-15(13)16;/h3-10,16H,2,11H2,1H3,(H,18,19);1H. The lowest BCUT2D eigenvalue weighted by Crippen LogP contribution is -2.25. The van der Waals surface area contributed by atoms with E-state index in [0.29, 0.717) is 13.2 Å². The van der Waals surface area contributed by atoms with Crippen LogP contribution in [-0.2, 0) is 4.74 Å². The average Bonchev–Trinajstić information content (AvgIpc) is 2.80. The molecule has 1 amide bonds. The largest absolute Gasteiger partial charge is 0.449 e. The van der Waals surface area contributed by atoms with Crippen LogP contribution in [0.4, 0.5) is 4.79 Å². The molecule has 1 aliphatic carbocycles. The van der Waals surface area contributed by atoms with E-state index in [-0.39, 0.29) is 24.4 Å². The number of carbonyl (C=O) groups excluding carboxylic acids is 1. The van der Waals surface area contributed by atoms with Crippen LogP contribution in [-0.4, -0.2) is 19.2 Å². The van der Waals surface area contributed by atoms with Crippen molar-refractivity contribution in [1.29, 1.82) is 0 Å². The summed E-state index contributed by atoms with van der Waals surface area (Å²) >= 11 is 0. The van der Waals surface area contributed by atoms with Crippen LogP contribution >= 0.6 is 12.4 Å². The zero-order chi connectivity index (χ0) is 13.9. The van der Waals surface area contributed by atoms with Crippen LogP contribution < -0.4 is 5.32 Å². The number of ether oxygens (including phenoxy) is 1. The Bertz CT molecular complexity index is 597. The summed E-state index contributed by atoms with van der Waals surface area (Å²) < 4.78 is 5.33. The maximum absolute atomic E-state index is 11.5. The zero-order valence-electron chi connectivity index (χ0n) is 11.8. The summed E-state index contributed by atoms with van der Waals surface area (Å²) in [6.45, 7) is 2.83. The molecular formula is C17H18ClNO2. The van der Waals surface area contributed by atoms with Gasteiger partial charge in [0.1, 0.15) is 6.61 Å². The van der Waals surface area contributed by atoms with Crippen molar-refractivity contribution in [3.63, 3.8) is 0 Å². The molecule has 1 N–H and O–H groups in total. The number of carbonyl (C=O) groups is 1. The number of hydrogen-bond donors (Lipinski definition) is 1. The monoisotopic (exact) mass is 303 g/mol. The molecule has 0 heterocycles. The molecule has 2 aromatic carbocycles. The fourth-order valence-corrected chi connectivity index (χ4v) is 2.79. The average molecular weight is 304 g/mol. The lowest BCUT2D eigenvalue weighted by Gasteiger charge is -2.14. The van der Waals surface area contributed by atoms with Crippen LogP contribution in [0.5, 0.6) is 0 Å². The van der Waals surface area contributed by atoms with E-state index in [0.717, 1.165) is 0 Å². The predicted molar refractivity (Wildman–Crippen MR) is 86.0 cm³/mol. The summed E-state index contributed by atoms with van der Waals surface area (Å²) in [4.78, 5) is 11.5. The topological polar surface area (TPSA) is 38.3 Å². The number of alkyl carbamates (subject to hydrolysis) is 1. The van der Waals surface area contributed by atoms with E-state index in [2.05, 4.69) is 29.6 Å². The lowest BCUT2D eigenvalue weighted by atomic mass is 9.98. The quantitative estimate of drug-likeness (QED) is 0.932. The Kier molecular flexibility index (Phi) is 4.86. The molecule has 110 valence electrons. The fourth-order valence-electron chi connectivity index (χ4n) is 2.79. The lowest BCUT2D eigenvalue weighted by molar-refractivity contribution is 0.143. The van der Waals surface area contributed by atoms with Crippen molar-refractivity contribution < 1.29 is 9.53 Å². The molecule has 0 aromatic heterocycles. The zero-order valence-corrected chi connectivity index (χ0v) is 12.7. The van der Waals surface area contributed by atoms with E-state index in [1.807, 2.05) is 31.2 Å². The van der Waals surface area contributed by atoms with Crippen molar-refractivity contribution in [3.8, 4) is 11.1 Å². The van der Waals surface area contributed by atoms with Gasteiger partial charge in [0.15, 0.2) is 0 Å². The van der Waals surface area contributed by atoms with Gasteiger partial charge >= 0.3 is 6.09 Å². The molecule has 4 heteroatoms. The summed E-state index contributed by atoms with van der Waals surface area (Å²) in [5, 5.41) is 2.66. The highest BCUT2D eigenvalue weighted by molar-refractivity contribution is 5.85.